The molecule has 1 aromatic heterocycles. The van der Waals surface area contributed by atoms with E-state index in [2.05, 4.69) is 0 Å². The Morgan fingerprint density at radius 3 is 2.23 bits per heavy atom. The van der Waals surface area contributed by atoms with Crippen LogP contribution in [0.25, 0.3) is 0 Å². The van der Waals surface area contributed by atoms with Gasteiger partial charge in [0.15, 0.2) is 23.6 Å². The van der Waals surface area contributed by atoms with Crippen LogP contribution in [0.15, 0.2) is 64.3 Å². The fraction of sp³-hybridized carbons (Fsp3) is 0.600. The fourth-order valence-corrected chi connectivity index (χ4v) is 10.0. The molecule has 2 aliphatic heterocycles. The minimum atomic E-state index is -2.40. The third-order valence-corrected chi connectivity index (χ3v) is 13.4. The molecule has 5 aliphatic rings. The number of furan rings is 1. The zero-order valence-electron chi connectivity index (χ0n) is 36.1. The van der Waals surface area contributed by atoms with Crippen LogP contribution in [0.5, 0.6) is 0 Å². The van der Waals surface area contributed by atoms with Gasteiger partial charge in [0, 0.05) is 38.3 Å². The van der Waals surface area contributed by atoms with E-state index >= 15 is 4.79 Å². The van der Waals surface area contributed by atoms with Gasteiger partial charge in [0.05, 0.1) is 48.2 Å². The molecule has 3 aliphatic carbocycles. The summed E-state index contributed by atoms with van der Waals surface area (Å²) in [6.07, 6.45) is -10.5. The van der Waals surface area contributed by atoms with Gasteiger partial charge in [0.1, 0.15) is 35.3 Å². The second-order valence-corrected chi connectivity index (χ2v) is 18.8. The van der Waals surface area contributed by atoms with Crippen LogP contribution in [0.4, 0.5) is 4.79 Å². The first-order chi connectivity index (χ1) is 29.0. The average molecular weight is 866 g/mol. The number of ketones is 1. The summed E-state index contributed by atoms with van der Waals surface area (Å²) >= 11 is 0. The molecule has 336 valence electrons. The number of rotatable bonds is 10. The Kier molecular flexibility index (Phi) is 11.5. The highest BCUT2D eigenvalue weighted by Crippen LogP contribution is 2.64. The maximum absolute atomic E-state index is 15.6. The highest BCUT2D eigenvalue weighted by Gasteiger charge is 2.78. The molecule has 11 atom stereocenters. The molecular weight excluding hydrogens is 810 g/mol. The van der Waals surface area contributed by atoms with E-state index in [0.717, 1.165) is 6.92 Å². The summed E-state index contributed by atoms with van der Waals surface area (Å²) in [6.45, 7) is 12.6. The number of fused-ring (bicyclic) bond motifs is 5. The van der Waals surface area contributed by atoms with Crippen molar-refractivity contribution in [1.82, 2.24) is 4.90 Å². The van der Waals surface area contributed by atoms with Crippen LogP contribution in [0.3, 0.4) is 0 Å². The van der Waals surface area contributed by atoms with Crippen LogP contribution in [0.2, 0.25) is 0 Å². The van der Waals surface area contributed by atoms with Crippen molar-refractivity contribution in [3.05, 3.63) is 71.2 Å². The minimum Gasteiger partial charge on any atom is -0.469 e. The zero-order valence-corrected chi connectivity index (χ0v) is 36.1. The zero-order chi connectivity index (χ0) is 45.3. The number of Topliss-reactive ketones (excluding diaryl/α,β-unsaturated/α-hetero) is 1. The molecule has 3 heterocycles. The van der Waals surface area contributed by atoms with E-state index in [1.807, 2.05) is 0 Å². The van der Waals surface area contributed by atoms with Gasteiger partial charge in [0.25, 0.3) is 0 Å². The van der Waals surface area contributed by atoms with E-state index < -0.39 is 125 Å². The van der Waals surface area contributed by atoms with Gasteiger partial charge < -0.3 is 53.1 Å². The lowest BCUT2D eigenvalue weighted by Crippen LogP contribution is -2.82. The molecule has 2 saturated carbocycles. The minimum absolute atomic E-state index is 0.00941. The Morgan fingerprint density at radius 2 is 1.66 bits per heavy atom. The Bertz CT molecular complexity index is 2140. The molecule has 2 aromatic rings. The molecule has 2 bridgehead atoms. The van der Waals surface area contributed by atoms with E-state index in [1.54, 1.807) is 52.8 Å². The first-order valence-corrected chi connectivity index (χ1v) is 20.8. The van der Waals surface area contributed by atoms with Crippen LogP contribution < -0.4 is 0 Å². The van der Waals surface area contributed by atoms with Crippen LogP contribution >= 0.6 is 0 Å². The van der Waals surface area contributed by atoms with Crippen molar-refractivity contribution in [2.24, 2.45) is 16.7 Å². The summed E-state index contributed by atoms with van der Waals surface area (Å²) in [6, 6.07) is 10.8. The van der Waals surface area contributed by atoms with E-state index in [4.69, 9.17) is 32.8 Å². The van der Waals surface area contributed by atoms with Gasteiger partial charge in [-0.15, -0.1) is 0 Å². The largest absolute Gasteiger partial charge is 0.469 e. The van der Waals surface area contributed by atoms with Crippen LogP contribution in [-0.2, 0) is 47.6 Å². The van der Waals surface area contributed by atoms with E-state index in [0.29, 0.717) is 13.1 Å². The van der Waals surface area contributed by atoms with Gasteiger partial charge in [-0.25, -0.2) is 14.4 Å². The maximum Gasteiger partial charge on any atom is 0.410 e. The van der Waals surface area contributed by atoms with Crippen LogP contribution in [0.1, 0.15) is 96.7 Å². The summed E-state index contributed by atoms with van der Waals surface area (Å²) in [5.41, 5.74) is -8.60. The molecule has 0 spiro atoms. The number of aliphatic hydroxyl groups excluding tert-OH is 2. The summed E-state index contributed by atoms with van der Waals surface area (Å²) < 4.78 is 41.6. The van der Waals surface area contributed by atoms with Crippen molar-refractivity contribution in [2.75, 3.05) is 19.7 Å². The Labute approximate surface area is 358 Å². The smallest absolute Gasteiger partial charge is 0.410 e. The van der Waals surface area contributed by atoms with Crippen LogP contribution in [0, 0.1) is 16.7 Å². The normalized spacial score (nSPS) is 33.2. The number of carbonyl (C=O) groups is 6. The molecular formula is C45H55NO16. The fourth-order valence-electron chi connectivity index (χ4n) is 10.0. The van der Waals surface area contributed by atoms with Gasteiger partial charge in [-0.1, -0.05) is 32.0 Å². The number of esters is 4. The second-order valence-electron chi connectivity index (χ2n) is 18.8. The number of aliphatic hydroxyl groups is 3. The number of nitrogens with zero attached hydrogens (tertiary/aromatic N) is 1. The molecule has 1 amide bonds. The molecule has 62 heavy (non-hydrogen) atoms. The van der Waals surface area contributed by atoms with E-state index in [9.17, 15) is 39.3 Å². The number of amides is 1. The molecule has 17 nitrogen and oxygen atoms in total. The first kappa shape index (κ1) is 44.9. The van der Waals surface area contributed by atoms with E-state index in [1.165, 1.54) is 49.3 Å². The van der Waals surface area contributed by atoms with Crippen molar-refractivity contribution in [3.63, 3.8) is 0 Å². The van der Waals surface area contributed by atoms with Crippen molar-refractivity contribution in [1.29, 1.82) is 0 Å². The van der Waals surface area contributed by atoms with Crippen molar-refractivity contribution in [3.8, 4) is 0 Å². The standard InChI is InChI=1S/C45H55NO16/c1-23-28(59-39(53)33(50)26(27-15-12-18-56-27)19-31(49)61-41(3,4)5)21-45(55)37(60-38(52)25-13-10-9-11-14-25)35-43(8,36(51)34(58-24(2)47)32(23)42(45,6)7)29(48)20-30-44(35,22-57-30)62-40(54)46-16-17-46/h9-15,18,26,28-30,33-35,37,48,50,55H,16-17,19-22H2,1-8H3/t26-,28+,29+,30-,33+,34-,35?,37+,43-,44+,45-/m1/s1. The number of benzene rings is 1. The SMILES string of the molecule is CC(=O)O[C@H]1C(=O)[C@@]2(C)C([C@H](OC(=O)c3ccccc3)[C@]3(O)C[C@H](OC(=O)[C@@H](O)[C@H](CC(=O)OC(C)(C)C)c4ccco4)C(C)=C1C3(C)C)[C@]1(OC(=O)N3CC3)CO[C@@H]1C[C@@H]2O. The molecule has 0 radical (unpaired) electrons. The number of hydrogen-bond donors (Lipinski definition) is 3. The predicted molar refractivity (Wildman–Crippen MR) is 213 cm³/mol. The third-order valence-electron chi connectivity index (χ3n) is 13.4. The summed E-state index contributed by atoms with van der Waals surface area (Å²) in [7, 11) is 0. The Hall–Kier alpha value is -5.10. The topological polar surface area (TPSA) is 235 Å². The lowest BCUT2D eigenvalue weighted by atomic mass is 9.44. The molecule has 7 rings (SSSR count). The molecule has 1 aromatic carbocycles. The molecule has 2 saturated heterocycles. The number of hydrogen-bond acceptors (Lipinski definition) is 16. The maximum atomic E-state index is 15.6. The Morgan fingerprint density at radius 1 is 0.984 bits per heavy atom. The van der Waals surface area contributed by atoms with Crippen LogP contribution in [-0.4, -0.2) is 129 Å². The highest BCUT2D eigenvalue weighted by molar-refractivity contribution is 5.95. The van der Waals surface area contributed by atoms with Gasteiger partial charge >= 0.3 is 30.0 Å². The molecule has 1 unspecified atom stereocenters. The molecule has 4 fully saturated rings. The lowest BCUT2D eigenvalue weighted by molar-refractivity contribution is -0.342. The third kappa shape index (κ3) is 7.60. The van der Waals surface area contributed by atoms with Crippen molar-refractivity contribution in [2.45, 2.75) is 134 Å². The Balaban J connectivity index is 1.39. The quantitative estimate of drug-likeness (QED) is 0.134. The molecule has 17 heteroatoms. The van der Waals surface area contributed by atoms with Gasteiger partial charge in [-0.2, -0.15) is 0 Å². The predicted octanol–water partition coefficient (Wildman–Crippen LogP) is 3.56. The lowest BCUT2D eigenvalue weighted by Gasteiger charge is -2.67. The molecule has 3 N–H and O–H groups in total. The summed E-state index contributed by atoms with van der Waals surface area (Å²) in [5, 5.41) is 37.5. The van der Waals surface area contributed by atoms with Crippen molar-refractivity contribution < 1.29 is 76.9 Å². The van der Waals surface area contributed by atoms with Crippen molar-refractivity contribution >= 4 is 35.8 Å². The van der Waals surface area contributed by atoms with E-state index in [-0.39, 0.29) is 35.5 Å². The van der Waals surface area contributed by atoms with Gasteiger partial charge in [-0.05, 0) is 70.0 Å². The number of ether oxygens (including phenoxy) is 6. The summed E-state index contributed by atoms with van der Waals surface area (Å²) in [4.78, 5) is 85.2. The highest BCUT2D eigenvalue weighted by atomic mass is 16.6. The number of carbonyl (C=O) groups excluding carboxylic acids is 6. The monoisotopic (exact) mass is 865 g/mol. The first-order valence-electron chi connectivity index (χ1n) is 20.8. The summed E-state index contributed by atoms with van der Waals surface area (Å²) in [5.74, 6) is -7.46. The average Bonchev–Trinajstić information content (AvgIpc) is 3.91. The van der Waals surface area contributed by atoms with Gasteiger partial charge in [0.2, 0.25) is 0 Å². The van der Waals surface area contributed by atoms with Gasteiger partial charge in [-0.3, -0.25) is 14.4 Å². The second kappa shape index (κ2) is 15.9.